The van der Waals surface area contributed by atoms with E-state index in [-0.39, 0.29) is 22.8 Å². The van der Waals surface area contributed by atoms with Crippen molar-refractivity contribution >= 4 is 0 Å². The van der Waals surface area contributed by atoms with Gasteiger partial charge in [-0.2, -0.15) is 0 Å². The second kappa shape index (κ2) is 10.8. The Balaban J connectivity index is 1.72. The molecule has 1 aliphatic rings. The average molecular weight is 422 g/mol. The van der Waals surface area contributed by atoms with E-state index in [0.29, 0.717) is 32.0 Å². The van der Waals surface area contributed by atoms with Crippen molar-refractivity contribution in [3.8, 4) is 16.9 Å². The van der Waals surface area contributed by atoms with E-state index in [1.54, 1.807) is 6.07 Å². The maximum Gasteiger partial charge on any atom is 0.167 e. The van der Waals surface area contributed by atoms with Gasteiger partial charge in [0.05, 0.1) is 25.4 Å². The number of ether oxygens (including phenoxy) is 3. The molecule has 0 bridgehead atoms. The van der Waals surface area contributed by atoms with Gasteiger partial charge in [0.15, 0.2) is 11.6 Å². The summed E-state index contributed by atoms with van der Waals surface area (Å²) >= 11 is 0. The van der Waals surface area contributed by atoms with Gasteiger partial charge in [0, 0.05) is 29.4 Å². The number of hydrogen-bond donors (Lipinski definition) is 0. The molecule has 1 heterocycles. The molecule has 3 rings (SSSR count). The van der Waals surface area contributed by atoms with Crippen LogP contribution in [0.2, 0.25) is 0 Å². The Hall–Kier alpha value is -2.05. The highest BCUT2D eigenvalue weighted by atomic mass is 19.2. The smallest absolute Gasteiger partial charge is 0.167 e. The number of unbranched alkanes of at least 4 members (excludes halogenated alkanes) is 1. The molecule has 6 heteroatoms. The van der Waals surface area contributed by atoms with Gasteiger partial charge in [0.1, 0.15) is 11.6 Å². The lowest BCUT2D eigenvalue weighted by Crippen LogP contribution is -2.28. The molecule has 0 aliphatic carbocycles. The van der Waals surface area contributed by atoms with Gasteiger partial charge >= 0.3 is 0 Å². The minimum atomic E-state index is -1.07. The molecule has 2 unspecified atom stereocenters. The number of benzene rings is 2. The van der Waals surface area contributed by atoms with Crippen molar-refractivity contribution in [3.05, 3.63) is 53.3 Å². The zero-order chi connectivity index (χ0) is 21.5. The average Bonchev–Trinajstić information content (AvgIpc) is 2.75. The summed E-state index contributed by atoms with van der Waals surface area (Å²) in [6, 6.07) is 7.05. The van der Waals surface area contributed by atoms with Crippen LogP contribution in [-0.2, 0) is 9.47 Å². The second-order valence-corrected chi connectivity index (χ2v) is 7.57. The van der Waals surface area contributed by atoms with Crippen molar-refractivity contribution in [2.45, 2.75) is 58.2 Å². The molecule has 3 nitrogen and oxygen atoms in total. The maximum atomic E-state index is 14.8. The predicted molar refractivity (Wildman–Crippen MR) is 110 cm³/mol. The van der Waals surface area contributed by atoms with Crippen molar-refractivity contribution in [1.29, 1.82) is 0 Å². The van der Waals surface area contributed by atoms with Crippen molar-refractivity contribution in [2.24, 2.45) is 0 Å². The quantitative estimate of drug-likeness (QED) is 0.426. The van der Waals surface area contributed by atoms with Crippen molar-refractivity contribution in [2.75, 3.05) is 19.8 Å². The molecule has 0 amide bonds. The summed E-state index contributed by atoms with van der Waals surface area (Å²) in [5.74, 6) is -2.36. The molecule has 0 aromatic heterocycles. The molecule has 0 radical (unpaired) electrons. The minimum absolute atomic E-state index is 0.00394. The predicted octanol–water partition coefficient (Wildman–Crippen LogP) is 6.60. The van der Waals surface area contributed by atoms with E-state index in [1.807, 2.05) is 6.92 Å². The fourth-order valence-electron chi connectivity index (χ4n) is 3.54. The Morgan fingerprint density at radius 3 is 2.40 bits per heavy atom. The maximum absolute atomic E-state index is 14.8. The lowest BCUT2D eigenvalue weighted by molar-refractivity contribution is -0.0881. The molecule has 1 aliphatic heterocycles. The first-order chi connectivity index (χ1) is 14.5. The Kier molecular flexibility index (Phi) is 8.16. The summed E-state index contributed by atoms with van der Waals surface area (Å²) in [4.78, 5) is 0. The Bertz CT molecular complexity index is 833. The SMILES string of the molecule is CCCCOC1CCC(c2ccc(-c3ccc(OCCC)cc3F)c(F)c2F)OC1. The topological polar surface area (TPSA) is 27.7 Å². The standard InChI is InChI=1S/C24H29F3O3/c1-3-5-13-29-17-7-11-22(30-15-17)20-10-9-19(23(26)24(20)27)18-8-6-16(14-21(18)25)28-12-4-2/h6,8-10,14,17,22H,3-5,7,11-13,15H2,1-2H3. The fraction of sp³-hybridized carbons (Fsp3) is 0.500. The van der Waals surface area contributed by atoms with E-state index in [2.05, 4.69) is 6.92 Å². The Morgan fingerprint density at radius 1 is 0.933 bits per heavy atom. The van der Waals surface area contributed by atoms with Crippen LogP contribution in [0.5, 0.6) is 5.75 Å². The molecule has 164 valence electrons. The fourth-order valence-corrected chi connectivity index (χ4v) is 3.54. The third kappa shape index (κ3) is 5.35. The van der Waals surface area contributed by atoms with Gasteiger partial charge in [0.25, 0.3) is 0 Å². The lowest BCUT2D eigenvalue weighted by atomic mass is 9.96. The molecule has 1 fully saturated rings. The van der Waals surface area contributed by atoms with Gasteiger partial charge < -0.3 is 14.2 Å². The Labute approximate surface area is 176 Å². The first-order valence-electron chi connectivity index (χ1n) is 10.7. The molecule has 2 aromatic rings. The molecule has 1 saturated heterocycles. The normalized spacial score (nSPS) is 19.1. The van der Waals surface area contributed by atoms with Gasteiger partial charge in [-0.15, -0.1) is 0 Å². The van der Waals surface area contributed by atoms with Crippen LogP contribution in [0.1, 0.15) is 57.6 Å². The first kappa shape index (κ1) is 22.6. The van der Waals surface area contributed by atoms with E-state index < -0.39 is 23.6 Å². The van der Waals surface area contributed by atoms with Crippen LogP contribution in [0.4, 0.5) is 13.2 Å². The third-order valence-electron chi connectivity index (χ3n) is 5.25. The number of halogens is 3. The molecular weight excluding hydrogens is 393 g/mol. The molecule has 30 heavy (non-hydrogen) atoms. The van der Waals surface area contributed by atoms with Gasteiger partial charge in [-0.3, -0.25) is 0 Å². The van der Waals surface area contributed by atoms with Crippen LogP contribution in [0.3, 0.4) is 0 Å². The molecule has 2 aromatic carbocycles. The van der Waals surface area contributed by atoms with Crippen LogP contribution in [-0.4, -0.2) is 25.9 Å². The third-order valence-corrected chi connectivity index (χ3v) is 5.25. The van der Waals surface area contributed by atoms with Gasteiger partial charge in [-0.05, 0) is 37.8 Å². The van der Waals surface area contributed by atoms with E-state index >= 15 is 0 Å². The number of rotatable bonds is 9. The van der Waals surface area contributed by atoms with Gasteiger partial charge in [0.2, 0.25) is 0 Å². The molecule has 2 atom stereocenters. The highest BCUT2D eigenvalue weighted by molar-refractivity contribution is 5.66. The van der Waals surface area contributed by atoms with Crippen molar-refractivity contribution in [3.63, 3.8) is 0 Å². The van der Waals surface area contributed by atoms with Crippen LogP contribution >= 0.6 is 0 Å². The zero-order valence-electron chi connectivity index (χ0n) is 17.6. The summed E-state index contributed by atoms with van der Waals surface area (Å²) < 4.78 is 61.0. The highest BCUT2D eigenvalue weighted by Crippen LogP contribution is 2.36. The van der Waals surface area contributed by atoms with Gasteiger partial charge in [-0.25, -0.2) is 13.2 Å². The molecule has 0 spiro atoms. The summed E-state index contributed by atoms with van der Waals surface area (Å²) in [7, 11) is 0. The van der Waals surface area contributed by atoms with E-state index in [1.165, 1.54) is 24.3 Å². The summed E-state index contributed by atoms with van der Waals surface area (Å²) in [6.07, 6.45) is 3.57. The number of hydrogen-bond acceptors (Lipinski definition) is 3. The molecule has 0 saturated carbocycles. The van der Waals surface area contributed by atoms with Crippen LogP contribution in [0.25, 0.3) is 11.1 Å². The van der Waals surface area contributed by atoms with E-state index in [9.17, 15) is 13.2 Å². The largest absolute Gasteiger partial charge is 0.494 e. The molecular formula is C24H29F3O3. The van der Waals surface area contributed by atoms with E-state index in [4.69, 9.17) is 14.2 Å². The van der Waals surface area contributed by atoms with Crippen molar-refractivity contribution in [1.82, 2.24) is 0 Å². The molecule has 0 N–H and O–H groups in total. The zero-order valence-corrected chi connectivity index (χ0v) is 17.6. The summed E-state index contributed by atoms with van der Waals surface area (Å²) in [6.45, 7) is 5.53. The Morgan fingerprint density at radius 2 is 1.73 bits per heavy atom. The first-order valence-corrected chi connectivity index (χ1v) is 10.7. The van der Waals surface area contributed by atoms with Crippen LogP contribution in [0.15, 0.2) is 30.3 Å². The van der Waals surface area contributed by atoms with Crippen LogP contribution in [0, 0.1) is 17.5 Å². The monoisotopic (exact) mass is 422 g/mol. The highest BCUT2D eigenvalue weighted by Gasteiger charge is 2.28. The lowest BCUT2D eigenvalue weighted by Gasteiger charge is -2.29. The second-order valence-electron chi connectivity index (χ2n) is 7.57. The van der Waals surface area contributed by atoms with Gasteiger partial charge in [-0.1, -0.05) is 32.4 Å². The van der Waals surface area contributed by atoms with E-state index in [0.717, 1.165) is 25.7 Å². The van der Waals surface area contributed by atoms with Crippen molar-refractivity contribution < 1.29 is 27.4 Å². The minimum Gasteiger partial charge on any atom is -0.494 e. The summed E-state index contributed by atoms with van der Waals surface area (Å²) in [5, 5.41) is 0. The van der Waals surface area contributed by atoms with Crippen LogP contribution < -0.4 is 4.74 Å². The summed E-state index contributed by atoms with van der Waals surface area (Å²) in [5.41, 5.74) is 0.0368.